The summed E-state index contributed by atoms with van der Waals surface area (Å²) in [4.78, 5) is 41.2. The van der Waals surface area contributed by atoms with Gasteiger partial charge in [0.15, 0.2) is 0 Å². The van der Waals surface area contributed by atoms with Gasteiger partial charge in [-0.15, -0.1) is 11.8 Å². The molecule has 6 nitrogen and oxygen atoms in total. The van der Waals surface area contributed by atoms with Crippen LogP contribution in [0.5, 0.6) is 0 Å². The number of hydrogen-bond donors (Lipinski definition) is 3. The van der Waals surface area contributed by atoms with Crippen LogP contribution in [0.1, 0.15) is 26.7 Å². The van der Waals surface area contributed by atoms with Gasteiger partial charge in [-0.2, -0.15) is 0 Å². The van der Waals surface area contributed by atoms with Crippen LogP contribution in [0.3, 0.4) is 0 Å². The van der Waals surface area contributed by atoms with Crippen LogP contribution in [-0.4, -0.2) is 17.7 Å². The first-order valence-electron chi connectivity index (χ1n) is 15.2. The van der Waals surface area contributed by atoms with Crippen LogP contribution < -0.4 is 16.0 Å². The first-order chi connectivity index (χ1) is 23.4. The van der Waals surface area contributed by atoms with Crippen molar-refractivity contribution >= 4 is 73.6 Å². The minimum atomic E-state index is -0.568. The fraction of sp³-hybridized carbons (Fsp3) is 0.0250. The Morgan fingerprint density at radius 1 is 0.625 bits per heavy atom. The number of fused-ring (bicyclic) bond motifs is 1. The Morgan fingerprint density at radius 2 is 1.29 bits per heavy atom. The van der Waals surface area contributed by atoms with Crippen molar-refractivity contribution in [1.29, 1.82) is 0 Å². The first kappa shape index (κ1) is 32.5. The predicted octanol–water partition coefficient (Wildman–Crippen LogP) is 9.48. The number of anilines is 2. The molecule has 0 radical (unpaired) electrons. The molecule has 1 atom stereocenters. The van der Waals surface area contributed by atoms with Gasteiger partial charge in [-0.05, 0) is 82.6 Å². The van der Waals surface area contributed by atoms with E-state index in [1.807, 2.05) is 121 Å². The van der Waals surface area contributed by atoms with E-state index in [1.54, 1.807) is 36.4 Å². The quantitative estimate of drug-likeness (QED) is 0.0976. The Balaban J connectivity index is 1.22. The number of hydrogen-bond acceptors (Lipinski definition) is 4. The van der Waals surface area contributed by atoms with Gasteiger partial charge in [0.25, 0.3) is 11.8 Å². The molecule has 3 amide bonds. The van der Waals surface area contributed by atoms with Crippen LogP contribution in [0.15, 0.2) is 167 Å². The van der Waals surface area contributed by atoms with Gasteiger partial charge in [0.1, 0.15) is 10.9 Å². The molecule has 6 aromatic rings. The molecule has 0 bridgehead atoms. The lowest BCUT2D eigenvalue weighted by atomic mass is 10.1. The van der Waals surface area contributed by atoms with Gasteiger partial charge in [-0.25, -0.2) is 0 Å². The SMILES string of the molecule is O=C(Nc1cccc(SC(C(=O)Nc2ccc3ccccc3c2)c2ccccc2)c1)/C(=C/c1ccc(Br)cc1)NC(=O)c1ccccc1. The third-order valence-electron chi connectivity index (χ3n) is 7.41. The number of thioether (sulfide) groups is 1. The van der Waals surface area contributed by atoms with Gasteiger partial charge in [-0.3, -0.25) is 14.4 Å². The van der Waals surface area contributed by atoms with E-state index in [-0.39, 0.29) is 11.6 Å². The van der Waals surface area contributed by atoms with E-state index in [9.17, 15) is 14.4 Å². The topological polar surface area (TPSA) is 87.3 Å². The zero-order valence-corrected chi connectivity index (χ0v) is 28.0. The number of amides is 3. The molecule has 3 N–H and O–H groups in total. The first-order valence-corrected chi connectivity index (χ1v) is 16.8. The molecule has 0 aromatic heterocycles. The minimum Gasteiger partial charge on any atom is -0.325 e. The molecule has 8 heteroatoms. The molecule has 0 fully saturated rings. The smallest absolute Gasteiger partial charge is 0.272 e. The number of rotatable bonds is 10. The summed E-state index contributed by atoms with van der Waals surface area (Å²) in [7, 11) is 0. The van der Waals surface area contributed by atoms with E-state index in [1.165, 1.54) is 11.8 Å². The molecular formula is C40H30BrN3O3S. The van der Waals surface area contributed by atoms with Crippen LogP contribution in [0.2, 0.25) is 0 Å². The summed E-state index contributed by atoms with van der Waals surface area (Å²) in [6.07, 6.45) is 1.63. The Labute approximate surface area is 291 Å². The molecule has 48 heavy (non-hydrogen) atoms. The van der Waals surface area contributed by atoms with E-state index in [4.69, 9.17) is 0 Å². The molecule has 6 rings (SSSR count). The molecule has 0 heterocycles. The van der Waals surface area contributed by atoms with Crippen molar-refractivity contribution in [3.05, 3.63) is 179 Å². The molecule has 0 spiro atoms. The summed E-state index contributed by atoms with van der Waals surface area (Å²) in [6, 6.07) is 46.9. The van der Waals surface area contributed by atoms with Crippen LogP contribution in [-0.2, 0) is 9.59 Å². The van der Waals surface area contributed by atoms with Gasteiger partial charge < -0.3 is 16.0 Å². The van der Waals surface area contributed by atoms with E-state index in [0.29, 0.717) is 16.9 Å². The molecule has 0 saturated carbocycles. The summed E-state index contributed by atoms with van der Waals surface area (Å²) in [5.74, 6) is -1.06. The second-order valence-corrected chi connectivity index (χ2v) is 13.0. The standard InChI is InChI=1S/C40H30BrN3O3S/c41-32-21-18-27(19-22-32)24-36(44-38(45)30-13-5-2-6-14-30)39(46)42-33-16-9-17-35(26-33)48-37(29-11-3-1-4-12-29)40(47)43-34-23-20-28-10-7-8-15-31(28)25-34/h1-26,37H,(H,42,46)(H,43,47)(H,44,45)/b36-24-. The number of benzene rings is 6. The van der Waals surface area contributed by atoms with Crippen molar-refractivity contribution in [1.82, 2.24) is 5.32 Å². The lowest BCUT2D eigenvalue weighted by Gasteiger charge is -2.18. The average molecular weight is 713 g/mol. The van der Waals surface area contributed by atoms with E-state index < -0.39 is 17.1 Å². The van der Waals surface area contributed by atoms with Crippen LogP contribution in [0.4, 0.5) is 11.4 Å². The maximum Gasteiger partial charge on any atom is 0.272 e. The highest BCUT2D eigenvalue weighted by atomic mass is 79.9. The average Bonchev–Trinajstić information content (AvgIpc) is 3.12. The Kier molecular flexibility index (Phi) is 10.4. The summed E-state index contributed by atoms with van der Waals surface area (Å²) >= 11 is 4.81. The maximum atomic E-state index is 13.8. The molecule has 1 unspecified atom stereocenters. The number of carbonyl (C=O) groups excluding carboxylic acids is 3. The number of halogens is 1. The number of nitrogens with one attached hydrogen (secondary N) is 3. The molecule has 6 aromatic carbocycles. The Bertz CT molecular complexity index is 2100. The molecule has 0 aliphatic heterocycles. The van der Waals surface area contributed by atoms with E-state index in [0.717, 1.165) is 31.3 Å². The molecular weight excluding hydrogens is 682 g/mol. The predicted molar refractivity (Wildman–Crippen MR) is 199 cm³/mol. The van der Waals surface area contributed by atoms with Crippen molar-refractivity contribution in [2.45, 2.75) is 10.1 Å². The van der Waals surface area contributed by atoms with Crippen LogP contribution >= 0.6 is 27.7 Å². The van der Waals surface area contributed by atoms with Gasteiger partial charge in [0.05, 0.1) is 0 Å². The highest BCUT2D eigenvalue weighted by Gasteiger charge is 2.23. The van der Waals surface area contributed by atoms with E-state index in [2.05, 4.69) is 31.9 Å². The molecule has 0 aliphatic carbocycles. The van der Waals surface area contributed by atoms with Crippen molar-refractivity contribution in [3.63, 3.8) is 0 Å². The Hall–Kier alpha value is -5.44. The van der Waals surface area contributed by atoms with Gasteiger partial charge in [0.2, 0.25) is 5.91 Å². The van der Waals surface area contributed by atoms with Gasteiger partial charge in [-0.1, -0.05) is 113 Å². The normalized spacial score (nSPS) is 11.8. The summed E-state index contributed by atoms with van der Waals surface area (Å²) in [5, 5.41) is 10.4. The second-order valence-electron chi connectivity index (χ2n) is 10.9. The maximum absolute atomic E-state index is 13.8. The molecule has 236 valence electrons. The van der Waals surface area contributed by atoms with Gasteiger partial charge in [0, 0.05) is 26.3 Å². The fourth-order valence-corrected chi connectivity index (χ4v) is 6.37. The minimum absolute atomic E-state index is 0.0844. The lowest BCUT2D eigenvalue weighted by Crippen LogP contribution is -2.30. The van der Waals surface area contributed by atoms with E-state index >= 15 is 0 Å². The van der Waals surface area contributed by atoms with Crippen LogP contribution in [0, 0.1) is 0 Å². The third-order valence-corrected chi connectivity index (χ3v) is 9.19. The zero-order valence-electron chi connectivity index (χ0n) is 25.6. The van der Waals surface area contributed by atoms with Crippen molar-refractivity contribution < 1.29 is 14.4 Å². The second kappa shape index (κ2) is 15.4. The summed E-state index contributed by atoms with van der Waals surface area (Å²) in [6.45, 7) is 0. The monoisotopic (exact) mass is 711 g/mol. The highest BCUT2D eigenvalue weighted by molar-refractivity contribution is 9.10. The van der Waals surface area contributed by atoms with Gasteiger partial charge >= 0.3 is 0 Å². The van der Waals surface area contributed by atoms with Crippen molar-refractivity contribution in [2.24, 2.45) is 0 Å². The zero-order chi connectivity index (χ0) is 33.3. The third kappa shape index (κ3) is 8.47. The Morgan fingerprint density at radius 3 is 2.04 bits per heavy atom. The highest BCUT2D eigenvalue weighted by Crippen LogP contribution is 2.37. The lowest BCUT2D eigenvalue weighted by molar-refractivity contribution is -0.116. The van der Waals surface area contributed by atoms with Crippen molar-refractivity contribution in [3.8, 4) is 0 Å². The largest absolute Gasteiger partial charge is 0.325 e. The molecule has 0 saturated heterocycles. The summed E-state index contributed by atoms with van der Waals surface area (Å²) in [5.41, 5.74) is 3.33. The van der Waals surface area contributed by atoms with Crippen molar-refractivity contribution in [2.75, 3.05) is 10.6 Å². The molecule has 0 aliphatic rings. The van der Waals surface area contributed by atoms with Crippen LogP contribution in [0.25, 0.3) is 16.8 Å². The fourth-order valence-electron chi connectivity index (χ4n) is 5.03. The summed E-state index contributed by atoms with van der Waals surface area (Å²) < 4.78 is 0.896. The number of carbonyl (C=O) groups is 3.